The van der Waals surface area contributed by atoms with Crippen molar-refractivity contribution < 1.29 is 14.3 Å². The van der Waals surface area contributed by atoms with Crippen LogP contribution >= 0.6 is 0 Å². The quantitative estimate of drug-likeness (QED) is 0.380. The van der Waals surface area contributed by atoms with Gasteiger partial charge < -0.3 is 14.8 Å². The summed E-state index contributed by atoms with van der Waals surface area (Å²) in [6, 6.07) is 10.6. The van der Waals surface area contributed by atoms with Crippen LogP contribution in [0.4, 0.5) is 0 Å². The molecule has 0 spiro atoms. The van der Waals surface area contributed by atoms with Gasteiger partial charge in [0, 0.05) is 31.7 Å². The van der Waals surface area contributed by atoms with Crippen LogP contribution in [0.1, 0.15) is 34.8 Å². The minimum Gasteiger partial charge on any atom is -0.493 e. The molecule has 35 heavy (non-hydrogen) atoms. The fourth-order valence-corrected chi connectivity index (χ4v) is 3.59. The summed E-state index contributed by atoms with van der Waals surface area (Å²) >= 11 is 0. The predicted octanol–water partition coefficient (Wildman–Crippen LogP) is 2.41. The van der Waals surface area contributed by atoms with Crippen LogP contribution in [0.25, 0.3) is 11.0 Å². The molecule has 0 unspecified atom stereocenters. The molecule has 0 saturated carbocycles. The number of nitrogens with one attached hydrogen (secondary N) is 2. The number of H-pyrrole nitrogens is 1. The lowest BCUT2D eigenvalue weighted by Gasteiger charge is -2.13. The van der Waals surface area contributed by atoms with Crippen molar-refractivity contribution in [3.63, 3.8) is 0 Å². The maximum atomic E-state index is 12.7. The summed E-state index contributed by atoms with van der Waals surface area (Å²) in [4.78, 5) is 47.6. The molecule has 1 aromatic carbocycles. The van der Waals surface area contributed by atoms with Gasteiger partial charge in [-0.25, -0.2) is 9.78 Å². The molecule has 0 fully saturated rings. The zero-order chi connectivity index (χ0) is 24.8. The number of amides is 1. The number of methoxy groups -OCH3 is 1. The maximum Gasteiger partial charge on any atom is 0.329 e. The highest BCUT2D eigenvalue weighted by Gasteiger charge is 2.13. The van der Waals surface area contributed by atoms with Gasteiger partial charge in [0.05, 0.1) is 18.1 Å². The van der Waals surface area contributed by atoms with Crippen LogP contribution in [0.2, 0.25) is 0 Å². The Morgan fingerprint density at radius 2 is 1.89 bits per heavy atom. The Balaban J connectivity index is 1.47. The number of ether oxygens (including phenoxy) is 2. The molecular weight excluding hydrogens is 450 g/mol. The Morgan fingerprint density at radius 3 is 2.63 bits per heavy atom. The third-order valence-corrected chi connectivity index (χ3v) is 5.37. The van der Waals surface area contributed by atoms with Gasteiger partial charge in [-0.15, -0.1) is 0 Å². The normalized spacial score (nSPS) is 10.8. The largest absolute Gasteiger partial charge is 0.493 e. The molecule has 0 aliphatic carbocycles. The SMILES string of the molecule is CCCn1c(=O)[nH]c(=O)c2cc(C(=O)NCc3ccc(OCc4ccncc4)c(OC)c3)cnc21. The molecule has 2 N–H and O–H groups in total. The Morgan fingerprint density at radius 1 is 1.09 bits per heavy atom. The van der Waals surface area contributed by atoms with E-state index >= 15 is 0 Å². The van der Waals surface area contributed by atoms with Gasteiger partial charge in [0.15, 0.2) is 11.5 Å². The molecule has 0 aliphatic rings. The number of carbonyl (C=O) groups excluding carboxylic acids is 1. The summed E-state index contributed by atoms with van der Waals surface area (Å²) < 4.78 is 12.7. The van der Waals surface area contributed by atoms with Crippen molar-refractivity contribution in [1.82, 2.24) is 24.8 Å². The second-order valence-electron chi connectivity index (χ2n) is 7.82. The average molecular weight is 476 g/mol. The fourth-order valence-electron chi connectivity index (χ4n) is 3.59. The standard InChI is InChI=1S/C25H25N5O5/c1-3-10-30-22-19(24(32)29-25(30)33)12-18(14-27-22)23(31)28-13-17-4-5-20(21(11-17)34-2)35-15-16-6-8-26-9-7-16/h4-9,11-12,14H,3,10,13,15H2,1-2H3,(H,28,31)(H,29,32,33). The van der Waals surface area contributed by atoms with Crippen molar-refractivity contribution in [1.29, 1.82) is 0 Å². The minimum absolute atomic E-state index is 0.183. The van der Waals surface area contributed by atoms with E-state index in [1.54, 1.807) is 31.6 Å². The molecule has 10 heteroatoms. The summed E-state index contributed by atoms with van der Waals surface area (Å²) in [6.45, 7) is 2.92. The average Bonchev–Trinajstić information content (AvgIpc) is 2.89. The van der Waals surface area contributed by atoms with E-state index in [9.17, 15) is 14.4 Å². The topological polar surface area (TPSA) is 128 Å². The Kier molecular flexibility index (Phi) is 7.20. The zero-order valence-corrected chi connectivity index (χ0v) is 19.4. The molecule has 0 saturated heterocycles. The second kappa shape index (κ2) is 10.6. The summed E-state index contributed by atoms with van der Waals surface area (Å²) in [5, 5.41) is 3.00. The highest BCUT2D eigenvalue weighted by Crippen LogP contribution is 2.29. The number of aromatic amines is 1. The second-order valence-corrected chi connectivity index (χ2v) is 7.82. The monoisotopic (exact) mass is 475 g/mol. The summed E-state index contributed by atoms with van der Waals surface area (Å²) in [7, 11) is 1.55. The Bertz CT molecular complexity index is 1460. The highest BCUT2D eigenvalue weighted by atomic mass is 16.5. The lowest BCUT2D eigenvalue weighted by Crippen LogP contribution is -2.31. The number of aryl methyl sites for hydroxylation is 1. The first-order chi connectivity index (χ1) is 17.0. The van der Waals surface area contributed by atoms with Crippen LogP contribution in [0, 0.1) is 0 Å². The zero-order valence-electron chi connectivity index (χ0n) is 19.4. The van der Waals surface area contributed by atoms with Crippen molar-refractivity contribution in [2.45, 2.75) is 33.0 Å². The molecule has 180 valence electrons. The van der Waals surface area contributed by atoms with Gasteiger partial charge in [0.1, 0.15) is 12.3 Å². The first-order valence-electron chi connectivity index (χ1n) is 11.1. The molecule has 0 bridgehead atoms. The van der Waals surface area contributed by atoms with Crippen molar-refractivity contribution in [2.75, 3.05) is 7.11 Å². The lowest BCUT2D eigenvalue weighted by molar-refractivity contribution is 0.0950. The molecule has 0 radical (unpaired) electrons. The van der Waals surface area contributed by atoms with E-state index in [4.69, 9.17) is 9.47 Å². The molecule has 1 amide bonds. The molecule has 4 aromatic rings. The summed E-state index contributed by atoms with van der Waals surface area (Å²) in [6.07, 6.45) is 5.46. The van der Waals surface area contributed by atoms with E-state index in [2.05, 4.69) is 20.3 Å². The molecular formula is C25H25N5O5. The fraction of sp³-hybridized carbons (Fsp3) is 0.240. The number of fused-ring (bicyclic) bond motifs is 1. The van der Waals surface area contributed by atoms with Crippen molar-refractivity contribution >= 4 is 16.9 Å². The number of benzene rings is 1. The number of nitrogens with zero attached hydrogens (tertiary/aromatic N) is 3. The third-order valence-electron chi connectivity index (χ3n) is 5.37. The number of hydrogen-bond acceptors (Lipinski definition) is 7. The van der Waals surface area contributed by atoms with Gasteiger partial charge in [0.2, 0.25) is 0 Å². The third kappa shape index (κ3) is 5.37. The van der Waals surface area contributed by atoms with Crippen LogP contribution in [0.5, 0.6) is 11.5 Å². The maximum absolute atomic E-state index is 12.7. The van der Waals surface area contributed by atoms with Crippen molar-refractivity contribution in [3.8, 4) is 11.5 Å². The first kappa shape index (κ1) is 23.7. The number of carbonyl (C=O) groups is 1. The van der Waals surface area contributed by atoms with Gasteiger partial charge in [-0.3, -0.25) is 24.1 Å². The van der Waals surface area contributed by atoms with E-state index in [-0.39, 0.29) is 23.1 Å². The van der Waals surface area contributed by atoms with Crippen molar-refractivity contribution in [3.05, 3.63) is 92.5 Å². The number of pyridine rings is 2. The first-order valence-corrected chi connectivity index (χ1v) is 11.1. The van der Waals surface area contributed by atoms with Gasteiger partial charge >= 0.3 is 5.69 Å². The molecule has 0 atom stereocenters. The van der Waals surface area contributed by atoms with E-state index < -0.39 is 17.2 Å². The van der Waals surface area contributed by atoms with Crippen molar-refractivity contribution in [2.24, 2.45) is 0 Å². The van der Waals surface area contributed by atoms with Gasteiger partial charge in [-0.1, -0.05) is 13.0 Å². The molecule has 3 heterocycles. The molecule has 10 nitrogen and oxygen atoms in total. The van der Waals surface area contributed by atoms with E-state index in [0.29, 0.717) is 31.1 Å². The van der Waals surface area contributed by atoms with Crippen LogP contribution in [0.15, 0.2) is 64.6 Å². The Labute approximate surface area is 200 Å². The predicted molar refractivity (Wildman–Crippen MR) is 130 cm³/mol. The molecule has 4 rings (SSSR count). The number of hydrogen-bond donors (Lipinski definition) is 2. The smallest absolute Gasteiger partial charge is 0.329 e. The van der Waals surface area contributed by atoms with E-state index in [1.807, 2.05) is 25.1 Å². The van der Waals surface area contributed by atoms with Gasteiger partial charge in [-0.2, -0.15) is 0 Å². The highest BCUT2D eigenvalue weighted by molar-refractivity contribution is 5.96. The van der Waals surface area contributed by atoms with Crippen LogP contribution in [0.3, 0.4) is 0 Å². The van der Waals surface area contributed by atoms with Crippen LogP contribution in [-0.4, -0.2) is 32.5 Å². The van der Waals surface area contributed by atoms with Gasteiger partial charge in [-0.05, 0) is 47.9 Å². The summed E-state index contributed by atoms with van der Waals surface area (Å²) in [5.41, 5.74) is 1.16. The lowest BCUT2D eigenvalue weighted by atomic mass is 10.1. The molecule has 0 aliphatic heterocycles. The summed E-state index contributed by atoms with van der Waals surface area (Å²) in [5.74, 6) is 0.720. The Hall–Kier alpha value is -4.47. The number of aromatic nitrogens is 4. The van der Waals surface area contributed by atoms with E-state index in [0.717, 1.165) is 11.1 Å². The number of rotatable bonds is 9. The van der Waals surface area contributed by atoms with E-state index in [1.165, 1.54) is 16.8 Å². The minimum atomic E-state index is -0.577. The van der Waals surface area contributed by atoms with Crippen LogP contribution < -0.4 is 26.0 Å². The van der Waals surface area contributed by atoms with Crippen LogP contribution in [-0.2, 0) is 19.7 Å². The van der Waals surface area contributed by atoms with Gasteiger partial charge in [0.25, 0.3) is 11.5 Å². The molecule has 3 aromatic heterocycles.